The molecule has 1 aliphatic rings. The molecule has 0 aliphatic carbocycles. The summed E-state index contributed by atoms with van der Waals surface area (Å²) in [6, 6.07) is 1.70. The second kappa shape index (κ2) is 5.40. The lowest BCUT2D eigenvalue weighted by atomic mass is 10.2. The molecule has 9 nitrogen and oxygen atoms in total. The van der Waals surface area contributed by atoms with Gasteiger partial charge in [-0.1, -0.05) is 0 Å². The highest BCUT2D eigenvalue weighted by atomic mass is 32.2. The number of carbonyl (C=O) groups excluding carboxylic acids is 1. The first-order valence-corrected chi connectivity index (χ1v) is 7.44. The van der Waals surface area contributed by atoms with Crippen LogP contribution in [0.15, 0.2) is 29.7 Å². The number of urea groups is 1. The number of hydrogen-bond acceptors (Lipinski definition) is 6. The number of hydrogen-bond donors (Lipinski definition) is 3. The predicted octanol–water partition coefficient (Wildman–Crippen LogP) is 0.733. The highest BCUT2D eigenvalue weighted by Crippen LogP contribution is 2.27. The minimum atomic E-state index is -3.30. The summed E-state index contributed by atoms with van der Waals surface area (Å²) in [5, 5.41) is 25.7. The van der Waals surface area contributed by atoms with E-state index in [4.69, 9.17) is 0 Å². The lowest BCUT2D eigenvalue weighted by molar-refractivity contribution is -0.384. The summed E-state index contributed by atoms with van der Waals surface area (Å²) in [7, 11) is -3.30. The molecule has 1 aromatic carbocycles. The number of nitrogens with zero attached hydrogens (tertiary/aromatic N) is 1. The molecule has 1 heterocycles. The molecule has 0 fully saturated rings. The van der Waals surface area contributed by atoms with E-state index >= 15 is 0 Å². The Labute approximate surface area is 119 Å². The minimum absolute atomic E-state index is 0.147. The number of carbonyl (C=O) groups is 1. The second-order valence-electron chi connectivity index (χ2n) is 4.32. The van der Waals surface area contributed by atoms with E-state index in [1.807, 2.05) is 0 Å². The van der Waals surface area contributed by atoms with E-state index in [9.17, 15) is 28.4 Å². The number of nitro benzene ring substituents is 1. The average molecular weight is 313 g/mol. The van der Waals surface area contributed by atoms with Crippen LogP contribution in [0.5, 0.6) is 5.75 Å². The Morgan fingerprint density at radius 2 is 2.14 bits per heavy atom. The molecular formula is C11H11N3O6S. The summed E-state index contributed by atoms with van der Waals surface area (Å²) >= 11 is 0. The van der Waals surface area contributed by atoms with Crippen molar-refractivity contribution < 1.29 is 23.2 Å². The molecule has 2 rings (SSSR count). The van der Waals surface area contributed by atoms with Gasteiger partial charge in [0.15, 0.2) is 9.84 Å². The van der Waals surface area contributed by atoms with Gasteiger partial charge in [-0.25, -0.2) is 13.2 Å². The maximum Gasteiger partial charge on any atom is 0.319 e. The summed E-state index contributed by atoms with van der Waals surface area (Å²) in [4.78, 5) is 21.6. The lowest BCUT2D eigenvalue weighted by Gasteiger charge is -2.12. The summed E-state index contributed by atoms with van der Waals surface area (Å²) in [6.45, 7) is 0. The van der Waals surface area contributed by atoms with Gasteiger partial charge in [0.2, 0.25) is 0 Å². The molecule has 10 heteroatoms. The van der Waals surface area contributed by atoms with Gasteiger partial charge in [-0.2, -0.15) is 0 Å². The van der Waals surface area contributed by atoms with Crippen molar-refractivity contribution >= 4 is 27.2 Å². The van der Waals surface area contributed by atoms with Crippen molar-refractivity contribution in [1.82, 2.24) is 5.32 Å². The van der Waals surface area contributed by atoms with Crippen molar-refractivity contribution in [2.24, 2.45) is 0 Å². The van der Waals surface area contributed by atoms with E-state index in [1.54, 1.807) is 0 Å². The molecule has 0 saturated heterocycles. The fraction of sp³-hybridized carbons (Fsp3) is 0.182. The number of phenols is 1. The van der Waals surface area contributed by atoms with Crippen molar-refractivity contribution in [3.05, 3.63) is 39.8 Å². The molecule has 0 bridgehead atoms. The van der Waals surface area contributed by atoms with Crippen LogP contribution in [0.2, 0.25) is 0 Å². The Morgan fingerprint density at radius 3 is 2.71 bits per heavy atom. The van der Waals surface area contributed by atoms with E-state index in [0.717, 1.165) is 23.6 Å². The standard InChI is InChI=1S/C11H11N3O6S/c15-10-2-1-8(14(17)18)5-9(10)13-11(16)12-7-3-4-21(19,20)6-7/h1-5,7,15H,6H2,(H2,12,13,16). The van der Waals surface area contributed by atoms with Gasteiger partial charge in [-0.3, -0.25) is 10.1 Å². The number of nitrogens with one attached hydrogen (secondary N) is 2. The maximum absolute atomic E-state index is 11.7. The highest BCUT2D eigenvalue weighted by molar-refractivity contribution is 7.94. The van der Waals surface area contributed by atoms with Gasteiger partial charge in [0.1, 0.15) is 5.75 Å². The van der Waals surface area contributed by atoms with Crippen LogP contribution in [0, 0.1) is 10.1 Å². The lowest BCUT2D eigenvalue weighted by Crippen LogP contribution is -2.38. The van der Waals surface area contributed by atoms with Crippen LogP contribution in [0.25, 0.3) is 0 Å². The first kappa shape index (κ1) is 14.8. The van der Waals surface area contributed by atoms with Crippen molar-refractivity contribution in [3.8, 4) is 5.75 Å². The number of sulfone groups is 1. The third-order valence-corrected chi connectivity index (χ3v) is 4.08. The summed E-state index contributed by atoms with van der Waals surface area (Å²) in [5.41, 5.74) is -0.446. The van der Waals surface area contributed by atoms with Gasteiger partial charge in [0.05, 0.1) is 22.4 Å². The van der Waals surface area contributed by atoms with Crippen LogP contribution in [-0.2, 0) is 9.84 Å². The molecule has 0 spiro atoms. The normalized spacial score (nSPS) is 19.1. The number of aromatic hydroxyl groups is 1. The Balaban J connectivity index is 2.05. The highest BCUT2D eigenvalue weighted by Gasteiger charge is 2.23. The Bertz CT molecular complexity index is 727. The molecule has 3 N–H and O–H groups in total. The quantitative estimate of drug-likeness (QED) is 0.427. The van der Waals surface area contributed by atoms with Crippen LogP contribution in [0.1, 0.15) is 0 Å². The SMILES string of the molecule is O=C(Nc1cc([N+](=O)[O-])ccc1O)NC1C=CS(=O)(=O)C1. The molecule has 0 radical (unpaired) electrons. The smallest absolute Gasteiger partial charge is 0.319 e. The molecule has 21 heavy (non-hydrogen) atoms. The number of benzene rings is 1. The summed E-state index contributed by atoms with van der Waals surface area (Å²) in [5.74, 6) is -0.591. The molecule has 1 aliphatic heterocycles. The van der Waals surface area contributed by atoms with Crippen LogP contribution < -0.4 is 10.6 Å². The van der Waals surface area contributed by atoms with Gasteiger partial charge in [-0.05, 0) is 12.1 Å². The first-order chi connectivity index (χ1) is 9.77. The number of rotatable bonds is 3. The zero-order valence-electron chi connectivity index (χ0n) is 10.5. The first-order valence-electron chi connectivity index (χ1n) is 5.73. The second-order valence-corrected chi connectivity index (χ2v) is 6.25. The van der Waals surface area contributed by atoms with Crippen LogP contribution in [0.4, 0.5) is 16.2 Å². The predicted molar refractivity (Wildman–Crippen MR) is 73.6 cm³/mol. The fourth-order valence-corrected chi connectivity index (χ4v) is 2.97. The maximum atomic E-state index is 11.7. The number of amides is 2. The van der Waals surface area contributed by atoms with Crippen LogP contribution in [-0.4, -0.2) is 36.3 Å². The molecule has 0 saturated carbocycles. The zero-order chi connectivity index (χ0) is 15.6. The molecule has 0 aromatic heterocycles. The van der Waals surface area contributed by atoms with E-state index in [1.165, 1.54) is 6.08 Å². The van der Waals surface area contributed by atoms with E-state index < -0.39 is 26.8 Å². The molecule has 112 valence electrons. The third-order valence-electron chi connectivity index (χ3n) is 2.69. The van der Waals surface area contributed by atoms with Gasteiger partial charge >= 0.3 is 6.03 Å². The molecule has 1 atom stereocenters. The summed E-state index contributed by atoms with van der Waals surface area (Å²) in [6.07, 6.45) is 1.32. The number of phenolic OH excluding ortho intramolecular Hbond substituents is 1. The minimum Gasteiger partial charge on any atom is -0.506 e. The van der Waals surface area contributed by atoms with Crippen molar-refractivity contribution in [3.63, 3.8) is 0 Å². The molecule has 1 unspecified atom stereocenters. The van der Waals surface area contributed by atoms with Gasteiger partial charge in [-0.15, -0.1) is 0 Å². The van der Waals surface area contributed by atoms with E-state index in [-0.39, 0.29) is 22.9 Å². The van der Waals surface area contributed by atoms with Crippen molar-refractivity contribution in [2.45, 2.75) is 6.04 Å². The summed E-state index contributed by atoms with van der Waals surface area (Å²) < 4.78 is 22.4. The Kier molecular flexibility index (Phi) is 3.80. The largest absolute Gasteiger partial charge is 0.506 e. The topological polar surface area (TPSA) is 139 Å². The van der Waals surface area contributed by atoms with Crippen molar-refractivity contribution in [2.75, 3.05) is 11.1 Å². The number of non-ortho nitro benzene ring substituents is 1. The fourth-order valence-electron chi connectivity index (χ4n) is 1.73. The van der Waals surface area contributed by atoms with Crippen LogP contribution >= 0.6 is 0 Å². The van der Waals surface area contributed by atoms with E-state index in [0.29, 0.717) is 0 Å². The molecule has 2 amide bonds. The van der Waals surface area contributed by atoms with Crippen molar-refractivity contribution in [1.29, 1.82) is 0 Å². The number of anilines is 1. The molecule has 1 aromatic rings. The Hall–Kier alpha value is -2.62. The van der Waals surface area contributed by atoms with Crippen LogP contribution in [0.3, 0.4) is 0 Å². The van der Waals surface area contributed by atoms with Gasteiger partial charge < -0.3 is 15.7 Å². The van der Waals surface area contributed by atoms with Gasteiger partial charge in [0.25, 0.3) is 5.69 Å². The molecular weight excluding hydrogens is 302 g/mol. The average Bonchev–Trinajstić information content (AvgIpc) is 2.71. The Morgan fingerprint density at radius 1 is 1.43 bits per heavy atom. The van der Waals surface area contributed by atoms with E-state index in [2.05, 4.69) is 10.6 Å². The zero-order valence-corrected chi connectivity index (χ0v) is 11.3. The third kappa shape index (κ3) is 3.69. The van der Waals surface area contributed by atoms with Gasteiger partial charge in [0, 0.05) is 17.5 Å². The monoisotopic (exact) mass is 313 g/mol. The number of nitro groups is 1.